The van der Waals surface area contributed by atoms with Crippen molar-refractivity contribution in [3.05, 3.63) is 29.3 Å². The van der Waals surface area contributed by atoms with Crippen molar-refractivity contribution < 1.29 is 0 Å². The Morgan fingerprint density at radius 1 is 1.28 bits per heavy atom. The van der Waals surface area contributed by atoms with Crippen molar-refractivity contribution >= 4 is 11.6 Å². The molecule has 0 fully saturated rings. The lowest BCUT2D eigenvalue weighted by Gasteiger charge is -2.17. The topological polar surface area (TPSA) is 43.6 Å². The molecule has 0 atom stereocenters. The van der Waals surface area contributed by atoms with Gasteiger partial charge in [0.05, 0.1) is 11.4 Å². The average molecular weight is 265 g/mol. The zero-order valence-corrected chi connectivity index (χ0v) is 11.9. The fourth-order valence-electron chi connectivity index (χ4n) is 1.69. The lowest BCUT2D eigenvalue weighted by molar-refractivity contribution is 0.545. The Labute approximate surface area is 112 Å². The van der Waals surface area contributed by atoms with Crippen LogP contribution in [0.25, 0.3) is 11.4 Å². The van der Waals surface area contributed by atoms with Crippen molar-refractivity contribution in [3.8, 4) is 11.4 Å². The zero-order valence-electron chi connectivity index (χ0n) is 11.1. The summed E-state index contributed by atoms with van der Waals surface area (Å²) in [6.07, 6.45) is 1.77. The van der Waals surface area contributed by atoms with E-state index < -0.39 is 0 Å². The van der Waals surface area contributed by atoms with Crippen molar-refractivity contribution in [2.75, 3.05) is 0 Å². The van der Waals surface area contributed by atoms with Gasteiger partial charge in [-0.25, -0.2) is 9.97 Å². The molecular weight excluding hydrogens is 248 g/mol. The molecule has 0 aliphatic rings. The molecule has 96 valence electrons. The summed E-state index contributed by atoms with van der Waals surface area (Å²) in [7, 11) is 0. The summed E-state index contributed by atoms with van der Waals surface area (Å²) < 4.78 is 1.89. The normalized spacial score (nSPS) is 11.8. The summed E-state index contributed by atoms with van der Waals surface area (Å²) in [5.41, 5.74) is 1.66. The molecule has 2 heterocycles. The smallest absolute Gasteiger partial charge is 0.136 e. The van der Waals surface area contributed by atoms with E-state index in [9.17, 15) is 0 Å². The first-order valence-electron chi connectivity index (χ1n) is 5.99. The second-order valence-electron chi connectivity index (χ2n) is 5.18. The van der Waals surface area contributed by atoms with Crippen molar-refractivity contribution in [1.82, 2.24) is 19.7 Å². The Hall–Kier alpha value is -1.42. The summed E-state index contributed by atoms with van der Waals surface area (Å²) in [6.45, 7) is 9.05. The van der Waals surface area contributed by atoms with Crippen LogP contribution in [0.4, 0.5) is 0 Å². The van der Waals surface area contributed by atoms with Gasteiger partial charge in [0.15, 0.2) is 0 Å². The van der Waals surface area contributed by atoms with Gasteiger partial charge < -0.3 is 0 Å². The predicted molar refractivity (Wildman–Crippen MR) is 72.6 cm³/mol. The molecular formula is C13H17ClN4. The minimum atomic E-state index is -0.128. The Balaban J connectivity index is 2.56. The van der Waals surface area contributed by atoms with Gasteiger partial charge in [-0.3, -0.25) is 4.68 Å². The molecule has 5 heteroatoms. The van der Waals surface area contributed by atoms with E-state index in [1.165, 1.54) is 0 Å². The van der Waals surface area contributed by atoms with Gasteiger partial charge in [0.1, 0.15) is 11.0 Å². The van der Waals surface area contributed by atoms with Crippen LogP contribution in [0, 0.1) is 0 Å². The molecule has 0 N–H and O–H groups in total. The van der Waals surface area contributed by atoms with Crippen LogP contribution in [-0.2, 0) is 12.0 Å². The van der Waals surface area contributed by atoms with Gasteiger partial charge in [-0.2, -0.15) is 5.10 Å². The van der Waals surface area contributed by atoms with E-state index in [2.05, 4.69) is 35.8 Å². The highest BCUT2D eigenvalue weighted by atomic mass is 35.5. The highest BCUT2D eigenvalue weighted by molar-refractivity contribution is 6.29. The molecule has 0 spiro atoms. The third-order valence-corrected chi connectivity index (χ3v) is 2.84. The van der Waals surface area contributed by atoms with Gasteiger partial charge in [-0.05, 0) is 13.0 Å². The van der Waals surface area contributed by atoms with Crippen LogP contribution >= 0.6 is 11.6 Å². The Morgan fingerprint density at radius 2 is 2.00 bits per heavy atom. The van der Waals surface area contributed by atoms with Gasteiger partial charge in [0.25, 0.3) is 0 Å². The van der Waals surface area contributed by atoms with Crippen molar-refractivity contribution in [2.24, 2.45) is 0 Å². The molecule has 0 saturated heterocycles. The van der Waals surface area contributed by atoms with Crippen LogP contribution in [0.2, 0.25) is 5.15 Å². The van der Waals surface area contributed by atoms with Crippen LogP contribution in [0.15, 0.2) is 18.3 Å². The first kappa shape index (κ1) is 13.0. The molecule has 0 aliphatic carbocycles. The summed E-state index contributed by atoms with van der Waals surface area (Å²) in [6, 6.07) is 3.72. The highest BCUT2D eigenvalue weighted by Crippen LogP contribution is 2.25. The first-order chi connectivity index (χ1) is 8.41. The second kappa shape index (κ2) is 4.69. The number of nitrogens with zero attached hydrogens (tertiary/aromatic N) is 4. The molecule has 18 heavy (non-hydrogen) atoms. The predicted octanol–water partition coefficient (Wildman–Crippen LogP) is 3.31. The zero-order chi connectivity index (χ0) is 13.3. The van der Waals surface area contributed by atoms with E-state index in [-0.39, 0.29) is 5.41 Å². The van der Waals surface area contributed by atoms with Gasteiger partial charge in [0.2, 0.25) is 0 Å². The molecule has 0 amide bonds. The summed E-state index contributed by atoms with van der Waals surface area (Å²) >= 11 is 6.09. The molecule has 2 aromatic rings. The number of hydrogen-bond donors (Lipinski definition) is 0. The van der Waals surface area contributed by atoms with E-state index in [0.29, 0.717) is 5.15 Å². The van der Waals surface area contributed by atoms with Gasteiger partial charge in [0, 0.05) is 24.2 Å². The Kier molecular flexibility index (Phi) is 3.39. The number of aryl methyl sites for hydroxylation is 1. The van der Waals surface area contributed by atoms with Crippen LogP contribution in [0.3, 0.4) is 0 Å². The quantitative estimate of drug-likeness (QED) is 0.782. The van der Waals surface area contributed by atoms with E-state index in [1.54, 1.807) is 12.3 Å². The van der Waals surface area contributed by atoms with Crippen LogP contribution < -0.4 is 0 Å². The lowest BCUT2D eigenvalue weighted by Crippen LogP contribution is -2.16. The van der Waals surface area contributed by atoms with E-state index >= 15 is 0 Å². The Bertz CT molecular complexity index is 554. The molecule has 0 unspecified atom stereocenters. The van der Waals surface area contributed by atoms with Crippen LogP contribution in [0.5, 0.6) is 0 Å². The van der Waals surface area contributed by atoms with E-state index in [0.717, 1.165) is 23.8 Å². The molecule has 0 aromatic carbocycles. The maximum Gasteiger partial charge on any atom is 0.136 e. The second-order valence-corrected chi connectivity index (χ2v) is 5.57. The molecule has 0 aliphatic heterocycles. The maximum atomic E-state index is 6.09. The van der Waals surface area contributed by atoms with Crippen molar-refractivity contribution in [1.29, 1.82) is 0 Å². The Morgan fingerprint density at radius 3 is 2.61 bits per heavy atom. The first-order valence-corrected chi connectivity index (χ1v) is 6.37. The van der Waals surface area contributed by atoms with Gasteiger partial charge in [-0.15, -0.1) is 0 Å². The fourth-order valence-corrected chi connectivity index (χ4v) is 1.87. The standard InChI is InChI=1S/C13H17ClN4/c1-5-18-10(6-7-15-18)9-8-11(14)17-12(16-9)13(2,3)4/h6-8H,5H2,1-4H3. The van der Waals surface area contributed by atoms with Crippen LogP contribution in [0.1, 0.15) is 33.5 Å². The number of rotatable bonds is 2. The van der Waals surface area contributed by atoms with Crippen molar-refractivity contribution in [2.45, 2.75) is 39.7 Å². The molecule has 2 aromatic heterocycles. The number of aromatic nitrogens is 4. The monoisotopic (exact) mass is 264 g/mol. The molecule has 0 bridgehead atoms. The average Bonchev–Trinajstić information content (AvgIpc) is 2.74. The third kappa shape index (κ3) is 2.53. The summed E-state index contributed by atoms with van der Waals surface area (Å²) in [5.74, 6) is 0.744. The summed E-state index contributed by atoms with van der Waals surface area (Å²) in [4.78, 5) is 8.89. The van der Waals surface area contributed by atoms with Crippen LogP contribution in [-0.4, -0.2) is 19.7 Å². The van der Waals surface area contributed by atoms with Gasteiger partial charge in [-0.1, -0.05) is 32.4 Å². The molecule has 2 rings (SSSR count). The fraction of sp³-hybridized carbons (Fsp3) is 0.462. The number of hydrogen-bond acceptors (Lipinski definition) is 3. The minimum absolute atomic E-state index is 0.128. The largest absolute Gasteiger partial charge is 0.264 e. The molecule has 0 radical (unpaired) electrons. The SMILES string of the molecule is CCn1nccc1-c1cc(Cl)nc(C(C)(C)C)n1. The van der Waals surface area contributed by atoms with Gasteiger partial charge >= 0.3 is 0 Å². The third-order valence-electron chi connectivity index (χ3n) is 2.64. The lowest BCUT2D eigenvalue weighted by atomic mass is 9.95. The molecule has 4 nitrogen and oxygen atoms in total. The van der Waals surface area contributed by atoms with E-state index in [1.807, 2.05) is 17.7 Å². The maximum absolute atomic E-state index is 6.09. The molecule has 0 saturated carbocycles. The number of halogens is 1. The van der Waals surface area contributed by atoms with E-state index in [4.69, 9.17) is 11.6 Å². The minimum Gasteiger partial charge on any atom is -0.264 e. The van der Waals surface area contributed by atoms with Crippen molar-refractivity contribution in [3.63, 3.8) is 0 Å². The summed E-state index contributed by atoms with van der Waals surface area (Å²) in [5, 5.41) is 4.71. The highest BCUT2D eigenvalue weighted by Gasteiger charge is 2.20.